The minimum Gasteiger partial charge on any atom is -0.394 e. The normalized spacial score (nSPS) is 9.23. The fraction of sp³-hybridized carbons (Fsp3) is 1.00. The van der Waals surface area contributed by atoms with E-state index in [1.807, 2.05) is 0 Å². The summed E-state index contributed by atoms with van der Waals surface area (Å²) in [6.45, 7) is 2.08. The zero-order chi connectivity index (χ0) is 10.4. The van der Waals surface area contributed by atoms with Crippen LogP contribution in [0.1, 0.15) is 0 Å². The molecule has 0 saturated heterocycles. The number of aliphatic hydroxyl groups is 2. The van der Waals surface area contributed by atoms with E-state index in [0.29, 0.717) is 26.4 Å². The Bertz CT molecular complexity index is 61.6. The number of aliphatic hydroxyl groups excluding tert-OH is 2. The maximum absolute atomic E-state index is 8.09. The second-order valence-electron chi connectivity index (χ2n) is 2.05. The van der Waals surface area contributed by atoms with Gasteiger partial charge in [-0.2, -0.15) is 0 Å². The van der Waals surface area contributed by atoms with Crippen molar-refractivity contribution in [2.24, 2.45) is 0 Å². The molecule has 0 aliphatic carbocycles. The van der Waals surface area contributed by atoms with Gasteiger partial charge in [0.2, 0.25) is 0 Å². The Kier molecular flexibility index (Phi) is 20.9. The van der Waals surface area contributed by atoms with E-state index >= 15 is 0 Å². The Morgan fingerprint density at radius 2 is 1.15 bits per heavy atom. The SMILES string of the molecule is COCCOC.OCCOCCO. The molecular formula is C8H20O5. The molecule has 0 unspecified atom stereocenters. The minimum absolute atomic E-state index is 0.0278. The Hall–Kier alpha value is -0.200. The molecule has 0 atom stereocenters. The molecule has 0 aromatic carbocycles. The van der Waals surface area contributed by atoms with Crippen LogP contribution in [-0.4, -0.2) is 64.1 Å². The first kappa shape index (κ1) is 15.3. The molecule has 2 N–H and O–H groups in total. The van der Waals surface area contributed by atoms with Crippen molar-refractivity contribution in [3.63, 3.8) is 0 Å². The fourth-order valence-corrected chi connectivity index (χ4v) is 0.398. The van der Waals surface area contributed by atoms with E-state index in [1.54, 1.807) is 14.2 Å². The highest BCUT2D eigenvalue weighted by Crippen LogP contribution is 1.68. The molecule has 0 heterocycles. The molecule has 82 valence electrons. The average molecular weight is 196 g/mol. The van der Waals surface area contributed by atoms with Crippen molar-refractivity contribution < 1.29 is 24.4 Å². The predicted octanol–water partition coefficient (Wildman–Crippen LogP) is -0.733. The Morgan fingerprint density at radius 1 is 0.769 bits per heavy atom. The number of methoxy groups -OCH3 is 2. The Labute approximate surface area is 79.2 Å². The summed E-state index contributed by atoms with van der Waals surface area (Å²) in [7, 11) is 3.30. The third-order valence-corrected chi connectivity index (χ3v) is 0.963. The van der Waals surface area contributed by atoms with Crippen LogP contribution in [0.5, 0.6) is 0 Å². The largest absolute Gasteiger partial charge is 0.394 e. The van der Waals surface area contributed by atoms with Crippen LogP contribution < -0.4 is 0 Å². The van der Waals surface area contributed by atoms with Crippen LogP contribution in [0.3, 0.4) is 0 Å². The van der Waals surface area contributed by atoms with Crippen LogP contribution in [0.25, 0.3) is 0 Å². The lowest BCUT2D eigenvalue weighted by Gasteiger charge is -1.94. The third kappa shape index (κ3) is 24.5. The van der Waals surface area contributed by atoms with E-state index in [-0.39, 0.29) is 13.2 Å². The second kappa shape index (κ2) is 17.8. The smallest absolute Gasteiger partial charge is 0.0698 e. The van der Waals surface area contributed by atoms with Crippen LogP contribution in [-0.2, 0) is 14.2 Å². The lowest BCUT2D eigenvalue weighted by atomic mass is 10.7. The van der Waals surface area contributed by atoms with Gasteiger partial charge >= 0.3 is 0 Å². The van der Waals surface area contributed by atoms with Crippen LogP contribution in [0.2, 0.25) is 0 Å². The molecule has 0 amide bonds. The number of hydrogen-bond acceptors (Lipinski definition) is 5. The van der Waals surface area contributed by atoms with Gasteiger partial charge in [-0.3, -0.25) is 0 Å². The summed E-state index contributed by atoms with van der Waals surface area (Å²) in [5.41, 5.74) is 0. The highest BCUT2D eigenvalue weighted by atomic mass is 16.5. The molecule has 5 nitrogen and oxygen atoms in total. The molecule has 0 radical (unpaired) electrons. The standard InChI is InChI=1S/C4H10O3.C4H10O2/c5-1-3-7-4-2-6;1-5-3-4-6-2/h5-6H,1-4H2;3-4H2,1-2H3. The number of hydrogen-bond donors (Lipinski definition) is 2. The first-order chi connectivity index (χ1) is 6.33. The van der Waals surface area contributed by atoms with Crippen molar-refractivity contribution in [3.05, 3.63) is 0 Å². The summed E-state index contributed by atoms with van der Waals surface area (Å²) in [5, 5.41) is 16.2. The highest BCUT2D eigenvalue weighted by molar-refractivity contribution is 4.24. The molecule has 0 bridgehead atoms. The Morgan fingerprint density at radius 3 is 1.38 bits per heavy atom. The van der Waals surface area contributed by atoms with E-state index in [9.17, 15) is 0 Å². The zero-order valence-electron chi connectivity index (χ0n) is 8.36. The van der Waals surface area contributed by atoms with Gasteiger partial charge in [0.15, 0.2) is 0 Å². The molecule has 0 aliphatic rings. The monoisotopic (exact) mass is 196 g/mol. The molecular weight excluding hydrogens is 176 g/mol. The highest BCUT2D eigenvalue weighted by Gasteiger charge is 1.79. The fourth-order valence-electron chi connectivity index (χ4n) is 0.398. The molecule has 5 heteroatoms. The van der Waals surface area contributed by atoms with Crippen molar-refractivity contribution in [1.29, 1.82) is 0 Å². The van der Waals surface area contributed by atoms with Crippen molar-refractivity contribution >= 4 is 0 Å². The van der Waals surface area contributed by atoms with Crippen LogP contribution in [0.4, 0.5) is 0 Å². The van der Waals surface area contributed by atoms with Crippen LogP contribution in [0.15, 0.2) is 0 Å². The van der Waals surface area contributed by atoms with Gasteiger partial charge < -0.3 is 24.4 Å². The van der Waals surface area contributed by atoms with Gasteiger partial charge in [0.05, 0.1) is 39.6 Å². The van der Waals surface area contributed by atoms with Gasteiger partial charge in [0.25, 0.3) is 0 Å². The molecule has 13 heavy (non-hydrogen) atoms. The lowest BCUT2D eigenvalue weighted by Crippen LogP contribution is -2.03. The van der Waals surface area contributed by atoms with Crippen molar-refractivity contribution in [2.45, 2.75) is 0 Å². The molecule has 0 saturated carbocycles. The lowest BCUT2D eigenvalue weighted by molar-refractivity contribution is 0.0650. The summed E-state index contributed by atoms with van der Waals surface area (Å²) >= 11 is 0. The van der Waals surface area contributed by atoms with Crippen molar-refractivity contribution in [1.82, 2.24) is 0 Å². The summed E-state index contributed by atoms with van der Waals surface area (Å²) in [4.78, 5) is 0. The van der Waals surface area contributed by atoms with Gasteiger partial charge in [0.1, 0.15) is 0 Å². The van der Waals surface area contributed by atoms with Crippen LogP contribution >= 0.6 is 0 Å². The summed E-state index contributed by atoms with van der Waals surface area (Å²) in [6, 6.07) is 0. The third-order valence-electron chi connectivity index (χ3n) is 0.963. The zero-order valence-corrected chi connectivity index (χ0v) is 8.36. The quantitative estimate of drug-likeness (QED) is 0.525. The molecule has 0 aliphatic heterocycles. The molecule has 0 spiro atoms. The summed E-state index contributed by atoms with van der Waals surface area (Å²) < 4.78 is 13.9. The van der Waals surface area contributed by atoms with E-state index in [0.717, 1.165) is 0 Å². The van der Waals surface area contributed by atoms with E-state index in [4.69, 9.17) is 10.2 Å². The molecule has 0 aromatic heterocycles. The van der Waals surface area contributed by atoms with Crippen molar-refractivity contribution in [3.8, 4) is 0 Å². The van der Waals surface area contributed by atoms with E-state index in [1.165, 1.54) is 0 Å². The first-order valence-corrected chi connectivity index (χ1v) is 4.10. The number of ether oxygens (including phenoxy) is 3. The van der Waals surface area contributed by atoms with Gasteiger partial charge in [-0.1, -0.05) is 0 Å². The maximum atomic E-state index is 8.09. The van der Waals surface area contributed by atoms with Gasteiger partial charge in [0, 0.05) is 14.2 Å². The Balaban J connectivity index is 0. The number of rotatable bonds is 7. The molecule has 0 rings (SSSR count). The molecule has 0 fully saturated rings. The summed E-state index contributed by atoms with van der Waals surface area (Å²) in [6.07, 6.45) is 0. The van der Waals surface area contributed by atoms with Crippen LogP contribution in [0, 0.1) is 0 Å². The minimum atomic E-state index is 0.0278. The maximum Gasteiger partial charge on any atom is 0.0698 e. The van der Waals surface area contributed by atoms with Gasteiger partial charge in [-0.15, -0.1) is 0 Å². The van der Waals surface area contributed by atoms with Crippen molar-refractivity contribution in [2.75, 3.05) is 53.9 Å². The predicted molar refractivity (Wildman–Crippen MR) is 48.7 cm³/mol. The van der Waals surface area contributed by atoms with E-state index < -0.39 is 0 Å². The average Bonchev–Trinajstić information content (AvgIpc) is 2.17. The van der Waals surface area contributed by atoms with E-state index in [2.05, 4.69) is 14.2 Å². The van der Waals surface area contributed by atoms with Gasteiger partial charge in [-0.25, -0.2) is 0 Å². The summed E-state index contributed by atoms with van der Waals surface area (Å²) in [5.74, 6) is 0. The first-order valence-electron chi connectivity index (χ1n) is 4.10. The molecule has 0 aromatic rings. The second-order valence-corrected chi connectivity index (χ2v) is 2.05. The van der Waals surface area contributed by atoms with Gasteiger partial charge in [-0.05, 0) is 0 Å². The topological polar surface area (TPSA) is 68.2 Å².